The zero-order valence-corrected chi connectivity index (χ0v) is 7.33. The summed E-state index contributed by atoms with van der Waals surface area (Å²) in [4.78, 5) is 10.8. The Morgan fingerprint density at radius 3 is 2.55 bits per heavy atom. The molecule has 0 spiro atoms. The van der Waals surface area contributed by atoms with E-state index in [0.717, 1.165) is 0 Å². The van der Waals surface area contributed by atoms with Crippen LogP contribution in [0.5, 0.6) is 0 Å². The second kappa shape index (κ2) is 5.27. The second-order valence-corrected chi connectivity index (χ2v) is 2.60. The van der Waals surface area contributed by atoms with Crippen LogP contribution in [0.15, 0.2) is 0 Å². The van der Waals surface area contributed by atoms with Crippen molar-refractivity contribution in [3.63, 3.8) is 0 Å². The molecule has 0 aromatic rings. The summed E-state index contributed by atoms with van der Waals surface area (Å²) in [6, 6.07) is 0. The molecular formula is C8H16O3. The van der Waals surface area contributed by atoms with Gasteiger partial charge >= 0.3 is 0 Å². The van der Waals surface area contributed by atoms with Gasteiger partial charge in [0.1, 0.15) is 5.78 Å². The molecule has 1 N–H and O–H groups in total. The molecule has 11 heavy (non-hydrogen) atoms. The molecule has 2 atom stereocenters. The van der Waals surface area contributed by atoms with E-state index >= 15 is 0 Å². The summed E-state index contributed by atoms with van der Waals surface area (Å²) in [6.45, 7) is 3.53. The largest absolute Gasteiger partial charge is 0.390 e. The van der Waals surface area contributed by atoms with E-state index in [-0.39, 0.29) is 18.3 Å². The van der Waals surface area contributed by atoms with Gasteiger partial charge in [0.25, 0.3) is 0 Å². The highest BCUT2D eigenvalue weighted by Gasteiger charge is 2.15. The Morgan fingerprint density at radius 2 is 2.18 bits per heavy atom. The quantitative estimate of drug-likeness (QED) is 0.645. The van der Waals surface area contributed by atoms with Crippen LogP contribution in [0.25, 0.3) is 0 Å². The molecule has 0 bridgehead atoms. The molecule has 0 aliphatic rings. The van der Waals surface area contributed by atoms with E-state index < -0.39 is 6.10 Å². The lowest BCUT2D eigenvalue weighted by Gasteiger charge is -2.15. The number of hydrogen-bond donors (Lipinski definition) is 1. The third-order valence-corrected chi connectivity index (χ3v) is 1.74. The molecule has 2 unspecified atom stereocenters. The first-order chi connectivity index (χ1) is 5.11. The van der Waals surface area contributed by atoms with E-state index in [1.807, 2.05) is 0 Å². The number of rotatable bonds is 5. The fourth-order valence-electron chi connectivity index (χ4n) is 0.701. The highest BCUT2D eigenvalue weighted by Crippen LogP contribution is 2.03. The average Bonchev–Trinajstić information content (AvgIpc) is 2.02. The number of aliphatic hydroxyl groups excluding tert-OH is 1. The summed E-state index contributed by atoms with van der Waals surface area (Å²) < 4.78 is 4.86. The number of Topliss-reactive ketones (excluding diaryl/α,β-unsaturated/α-hetero) is 1. The van der Waals surface area contributed by atoms with Gasteiger partial charge in [-0.15, -0.1) is 0 Å². The summed E-state index contributed by atoms with van der Waals surface area (Å²) in [7, 11) is 1.52. The van der Waals surface area contributed by atoms with Crippen molar-refractivity contribution in [3.05, 3.63) is 0 Å². The first-order valence-corrected chi connectivity index (χ1v) is 3.84. The molecule has 0 aliphatic carbocycles. The van der Waals surface area contributed by atoms with Crippen LogP contribution in [0.3, 0.4) is 0 Å². The number of aliphatic hydroxyl groups is 1. The Balaban J connectivity index is 3.67. The highest BCUT2D eigenvalue weighted by molar-refractivity contribution is 5.78. The maximum absolute atomic E-state index is 10.8. The Morgan fingerprint density at radius 1 is 1.64 bits per heavy atom. The van der Waals surface area contributed by atoms with Gasteiger partial charge in [-0.05, 0) is 6.92 Å². The normalized spacial score (nSPS) is 16.0. The Kier molecular flexibility index (Phi) is 5.07. The predicted molar refractivity (Wildman–Crippen MR) is 42.4 cm³/mol. The smallest absolute Gasteiger partial charge is 0.135 e. The van der Waals surface area contributed by atoms with Gasteiger partial charge in [0.15, 0.2) is 0 Å². The van der Waals surface area contributed by atoms with E-state index in [4.69, 9.17) is 4.74 Å². The van der Waals surface area contributed by atoms with Gasteiger partial charge in [-0.25, -0.2) is 0 Å². The van der Waals surface area contributed by atoms with Crippen LogP contribution in [-0.4, -0.2) is 30.2 Å². The number of carbonyl (C=O) groups excluding carboxylic acids is 1. The maximum Gasteiger partial charge on any atom is 0.135 e. The van der Waals surface area contributed by atoms with Crippen molar-refractivity contribution in [2.24, 2.45) is 0 Å². The van der Waals surface area contributed by atoms with Crippen LogP contribution in [0.2, 0.25) is 0 Å². The highest BCUT2D eigenvalue weighted by atomic mass is 16.5. The summed E-state index contributed by atoms with van der Waals surface area (Å²) in [6.07, 6.45) is -0.239. The Bertz CT molecular complexity index is 123. The van der Waals surface area contributed by atoms with Crippen LogP contribution in [0.4, 0.5) is 0 Å². The number of carbonyl (C=O) groups is 1. The van der Waals surface area contributed by atoms with Gasteiger partial charge in [-0.3, -0.25) is 4.79 Å². The number of ether oxygens (including phenoxy) is 1. The molecule has 0 aliphatic heterocycles. The SMILES string of the molecule is CCC(=O)CC(O)C(C)OC. The van der Waals surface area contributed by atoms with Crippen LogP contribution < -0.4 is 0 Å². The molecule has 3 heteroatoms. The van der Waals surface area contributed by atoms with E-state index in [1.54, 1.807) is 13.8 Å². The van der Waals surface area contributed by atoms with Crippen molar-refractivity contribution < 1.29 is 14.6 Å². The Hall–Kier alpha value is -0.410. The van der Waals surface area contributed by atoms with Crippen molar-refractivity contribution in [1.29, 1.82) is 0 Å². The predicted octanol–water partition coefficient (Wildman–Crippen LogP) is 0.751. The fourth-order valence-corrected chi connectivity index (χ4v) is 0.701. The molecule has 0 amide bonds. The molecule has 0 heterocycles. The lowest BCUT2D eigenvalue weighted by Crippen LogP contribution is -2.27. The maximum atomic E-state index is 10.8. The number of ketones is 1. The minimum Gasteiger partial charge on any atom is -0.390 e. The van der Waals surface area contributed by atoms with Crippen LogP contribution in [-0.2, 0) is 9.53 Å². The van der Waals surface area contributed by atoms with E-state index in [2.05, 4.69) is 0 Å². The second-order valence-electron chi connectivity index (χ2n) is 2.60. The summed E-state index contributed by atoms with van der Waals surface area (Å²) in [5, 5.41) is 9.27. The van der Waals surface area contributed by atoms with E-state index in [9.17, 15) is 9.90 Å². The monoisotopic (exact) mass is 160 g/mol. The van der Waals surface area contributed by atoms with Crippen molar-refractivity contribution in [3.8, 4) is 0 Å². The Labute approximate surface area is 67.4 Å². The molecule has 0 saturated heterocycles. The fraction of sp³-hybridized carbons (Fsp3) is 0.875. The van der Waals surface area contributed by atoms with Crippen LogP contribution in [0, 0.1) is 0 Å². The van der Waals surface area contributed by atoms with Gasteiger partial charge in [0.05, 0.1) is 12.2 Å². The van der Waals surface area contributed by atoms with E-state index in [1.165, 1.54) is 7.11 Å². The molecule has 0 aromatic heterocycles. The molecule has 0 saturated carbocycles. The lowest BCUT2D eigenvalue weighted by molar-refractivity contribution is -0.122. The zero-order chi connectivity index (χ0) is 8.85. The summed E-state index contributed by atoms with van der Waals surface area (Å²) in [5.41, 5.74) is 0. The van der Waals surface area contributed by atoms with Crippen molar-refractivity contribution in [2.45, 2.75) is 38.9 Å². The molecule has 0 radical (unpaired) electrons. The minimum absolute atomic E-state index is 0.0707. The van der Waals surface area contributed by atoms with Gasteiger partial charge < -0.3 is 9.84 Å². The topological polar surface area (TPSA) is 46.5 Å². The summed E-state index contributed by atoms with van der Waals surface area (Å²) in [5.74, 6) is 0.0707. The third-order valence-electron chi connectivity index (χ3n) is 1.74. The van der Waals surface area contributed by atoms with Gasteiger partial charge in [0.2, 0.25) is 0 Å². The third kappa shape index (κ3) is 4.11. The lowest BCUT2D eigenvalue weighted by atomic mass is 10.1. The van der Waals surface area contributed by atoms with Crippen molar-refractivity contribution in [1.82, 2.24) is 0 Å². The molecule has 0 aromatic carbocycles. The van der Waals surface area contributed by atoms with Crippen LogP contribution in [0.1, 0.15) is 26.7 Å². The molecule has 3 nitrogen and oxygen atoms in total. The first kappa shape index (κ1) is 10.6. The van der Waals surface area contributed by atoms with Gasteiger partial charge in [-0.1, -0.05) is 6.92 Å². The molecular weight excluding hydrogens is 144 g/mol. The molecule has 0 rings (SSSR count). The average molecular weight is 160 g/mol. The standard InChI is InChI=1S/C8H16O3/c1-4-7(9)5-8(10)6(2)11-3/h6,8,10H,4-5H2,1-3H3. The molecule has 0 fully saturated rings. The van der Waals surface area contributed by atoms with Gasteiger partial charge in [-0.2, -0.15) is 0 Å². The van der Waals surface area contributed by atoms with Crippen molar-refractivity contribution in [2.75, 3.05) is 7.11 Å². The molecule has 66 valence electrons. The number of hydrogen-bond acceptors (Lipinski definition) is 3. The first-order valence-electron chi connectivity index (χ1n) is 3.84. The van der Waals surface area contributed by atoms with Gasteiger partial charge in [0, 0.05) is 20.0 Å². The van der Waals surface area contributed by atoms with E-state index in [0.29, 0.717) is 6.42 Å². The zero-order valence-electron chi connectivity index (χ0n) is 7.33. The van der Waals surface area contributed by atoms with Crippen molar-refractivity contribution >= 4 is 5.78 Å². The number of methoxy groups -OCH3 is 1. The minimum atomic E-state index is -0.660. The summed E-state index contributed by atoms with van der Waals surface area (Å²) >= 11 is 0. The van der Waals surface area contributed by atoms with Crippen LogP contribution >= 0.6 is 0 Å².